The number of rotatable bonds is 4. The van der Waals surface area contributed by atoms with Crippen LogP contribution in [-0.2, 0) is 6.54 Å². The van der Waals surface area contributed by atoms with E-state index in [1.54, 1.807) is 16.8 Å². The highest BCUT2D eigenvalue weighted by atomic mass is 19.1. The Hall–Kier alpha value is -1.79. The largest absolute Gasteiger partial charge is 0.298 e. The van der Waals surface area contributed by atoms with Crippen LogP contribution in [0.2, 0.25) is 0 Å². The van der Waals surface area contributed by atoms with Crippen molar-refractivity contribution in [1.82, 2.24) is 24.8 Å². The molecule has 3 rings (SSSR count). The maximum atomic E-state index is 13.0. The van der Waals surface area contributed by atoms with Gasteiger partial charge >= 0.3 is 0 Å². The van der Waals surface area contributed by atoms with Crippen molar-refractivity contribution in [2.45, 2.75) is 33.4 Å². The summed E-state index contributed by atoms with van der Waals surface area (Å²) >= 11 is 0. The van der Waals surface area contributed by atoms with E-state index in [-0.39, 0.29) is 5.82 Å². The highest BCUT2D eigenvalue weighted by Crippen LogP contribution is 2.15. The summed E-state index contributed by atoms with van der Waals surface area (Å²) in [5, 5.41) is 8.56. The third-order valence-electron chi connectivity index (χ3n) is 4.57. The van der Waals surface area contributed by atoms with Gasteiger partial charge in [0.2, 0.25) is 0 Å². The third-order valence-corrected chi connectivity index (χ3v) is 4.57. The molecule has 0 bridgehead atoms. The first kappa shape index (κ1) is 16.1. The maximum Gasteiger partial charge on any atom is 0.123 e. The average molecular weight is 317 g/mol. The summed E-state index contributed by atoms with van der Waals surface area (Å²) < 4.78 is 14.8. The molecule has 1 saturated heterocycles. The van der Waals surface area contributed by atoms with E-state index < -0.39 is 0 Å². The summed E-state index contributed by atoms with van der Waals surface area (Å²) in [6, 6.07) is 6.95. The van der Waals surface area contributed by atoms with Crippen molar-refractivity contribution in [3.63, 3.8) is 0 Å². The molecule has 1 aliphatic rings. The Morgan fingerprint density at radius 3 is 2.35 bits per heavy atom. The Morgan fingerprint density at radius 2 is 1.74 bits per heavy atom. The minimum Gasteiger partial charge on any atom is -0.298 e. The molecular formula is C17H24FN5. The molecule has 2 aromatic rings. The van der Waals surface area contributed by atoms with Crippen molar-refractivity contribution in [3.8, 4) is 5.69 Å². The lowest BCUT2D eigenvalue weighted by Crippen LogP contribution is -2.48. The molecule has 1 aliphatic heterocycles. The fourth-order valence-corrected chi connectivity index (χ4v) is 2.98. The van der Waals surface area contributed by atoms with Gasteiger partial charge in [-0.15, -0.1) is 5.10 Å². The van der Waals surface area contributed by atoms with Gasteiger partial charge in [0.05, 0.1) is 11.4 Å². The van der Waals surface area contributed by atoms with Gasteiger partial charge in [-0.3, -0.25) is 9.80 Å². The normalized spacial score (nSPS) is 17.1. The SMILES string of the molecule is Cc1c(CN2CCN(C(C)C)CC2)nnn1-c1ccc(F)cc1. The second kappa shape index (κ2) is 6.76. The lowest BCUT2D eigenvalue weighted by atomic mass is 10.2. The summed E-state index contributed by atoms with van der Waals surface area (Å²) in [7, 11) is 0. The molecule has 6 heteroatoms. The number of aromatic nitrogens is 3. The van der Waals surface area contributed by atoms with Gasteiger partial charge in [-0.1, -0.05) is 5.21 Å². The molecule has 1 fully saturated rings. The first-order valence-electron chi connectivity index (χ1n) is 8.18. The van der Waals surface area contributed by atoms with E-state index in [2.05, 4.69) is 34.0 Å². The predicted octanol–water partition coefficient (Wildman–Crippen LogP) is 2.24. The van der Waals surface area contributed by atoms with Gasteiger partial charge < -0.3 is 0 Å². The quantitative estimate of drug-likeness (QED) is 0.867. The molecule has 23 heavy (non-hydrogen) atoms. The molecule has 2 heterocycles. The third kappa shape index (κ3) is 3.59. The van der Waals surface area contributed by atoms with Gasteiger partial charge in [0.15, 0.2) is 0 Å². The summed E-state index contributed by atoms with van der Waals surface area (Å²) in [6.45, 7) is 11.6. The van der Waals surface area contributed by atoms with E-state index >= 15 is 0 Å². The molecule has 0 N–H and O–H groups in total. The van der Waals surface area contributed by atoms with Crippen molar-refractivity contribution in [3.05, 3.63) is 41.5 Å². The lowest BCUT2D eigenvalue weighted by molar-refractivity contribution is 0.103. The molecule has 0 atom stereocenters. The summed E-state index contributed by atoms with van der Waals surface area (Å²) in [4.78, 5) is 4.92. The number of halogens is 1. The Balaban J connectivity index is 1.67. The van der Waals surface area contributed by atoms with Crippen LogP contribution in [0.25, 0.3) is 5.69 Å². The molecular weight excluding hydrogens is 293 g/mol. The Kier molecular flexibility index (Phi) is 4.73. The van der Waals surface area contributed by atoms with Gasteiger partial charge in [-0.05, 0) is 45.0 Å². The van der Waals surface area contributed by atoms with Crippen molar-refractivity contribution in [2.24, 2.45) is 0 Å². The standard InChI is InChI=1S/C17H24FN5/c1-13(2)22-10-8-21(9-11-22)12-17-14(3)23(20-19-17)16-6-4-15(18)5-7-16/h4-7,13H,8-12H2,1-3H3. The van der Waals surface area contributed by atoms with Crippen LogP contribution in [0.4, 0.5) is 4.39 Å². The van der Waals surface area contributed by atoms with Crippen LogP contribution in [0.5, 0.6) is 0 Å². The predicted molar refractivity (Wildman–Crippen MR) is 88.0 cm³/mol. The molecule has 1 aromatic carbocycles. The van der Waals surface area contributed by atoms with Crippen LogP contribution in [0.1, 0.15) is 25.2 Å². The van der Waals surface area contributed by atoms with Crippen molar-refractivity contribution in [2.75, 3.05) is 26.2 Å². The molecule has 0 saturated carbocycles. The maximum absolute atomic E-state index is 13.0. The molecule has 0 aliphatic carbocycles. The smallest absolute Gasteiger partial charge is 0.123 e. The Labute approximate surface area is 136 Å². The van der Waals surface area contributed by atoms with Crippen LogP contribution in [0.3, 0.4) is 0 Å². The highest BCUT2D eigenvalue weighted by Gasteiger charge is 2.21. The number of hydrogen-bond acceptors (Lipinski definition) is 4. The second-order valence-electron chi connectivity index (χ2n) is 6.42. The lowest BCUT2D eigenvalue weighted by Gasteiger charge is -2.36. The fourth-order valence-electron chi connectivity index (χ4n) is 2.98. The zero-order chi connectivity index (χ0) is 16.4. The minimum atomic E-state index is -0.241. The summed E-state index contributed by atoms with van der Waals surface area (Å²) in [5.74, 6) is -0.241. The fraction of sp³-hybridized carbons (Fsp3) is 0.529. The summed E-state index contributed by atoms with van der Waals surface area (Å²) in [5.41, 5.74) is 2.85. The van der Waals surface area contributed by atoms with E-state index in [1.807, 2.05) is 6.92 Å². The first-order chi connectivity index (χ1) is 11.0. The zero-order valence-electron chi connectivity index (χ0n) is 14.0. The number of piperazine rings is 1. The first-order valence-corrected chi connectivity index (χ1v) is 8.18. The average Bonchev–Trinajstić information content (AvgIpc) is 2.90. The van der Waals surface area contributed by atoms with Crippen LogP contribution >= 0.6 is 0 Å². The Bertz CT molecular complexity index is 642. The molecule has 0 radical (unpaired) electrons. The van der Waals surface area contributed by atoms with E-state index in [0.29, 0.717) is 6.04 Å². The van der Waals surface area contributed by atoms with Crippen molar-refractivity contribution >= 4 is 0 Å². The molecule has 1 aromatic heterocycles. The van der Waals surface area contributed by atoms with Gasteiger partial charge in [0.1, 0.15) is 11.5 Å². The number of nitrogens with zero attached hydrogens (tertiary/aromatic N) is 5. The monoisotopic (exact) mass is 317 g/mol. The topological polar surface area (TPSA) is 37.2 Å². The van der Waals surface area contributed by atoms with Crippen LogP contribution in [0, 0.1) is 12.7 Å². The highest BCUT2D eigenvalue weighted by molar-refractivity contribution is 5.33. The van der Waals surface area contributed by atoms with Crippen molar-refractivity contribution < 1.29 is 4.39 Å². The van der Waals surface area contributed by atoms with Crippen LogP contribution in [-0.4, -0.2) is 57.0 Å². The molecule has 0 spiro atoms. The van der Waals surface area contributed by atoms with E-state index in [0.717, 1.165) is 49.8 Å². The van der Waals surface area contributed by atoms with E-state index in [9.17, 15) is 4.39 Å². The molecule has 5 nitrogen and oxygen atoms in total. The zero-order valence-corrected chi connectivity index (χ0v) is 14.0. The number of hydrogen-bond donors (Lipinski definition) is 0. The van der Waals surface area contributed by atoms with Gasteiger partial charge in [-0.25, -0.2) is 9.07 Å². The second-order valence-corrected chi connectivity index (χ2v) is 6.42. The van der Waals surface area contributed by atoms with Crippen LogP contribution in [0.15, 0.2) is 24.3 Å². The van der Waals surface area contributed by atoms with Crippen molar-refractivity contribution in [1.29, 1.82) is 0 Å². The molecule has 0 unspecified atom stereocenters. The summed E-state index contributed by atoms with van der Waals surface area (Å²) in [6.07, 6.45) is 0. The van der Waals surface area contributed by atoms with E-state index in [1.165, 1.54) is 12.1 Å². The Morgan fingerprint density at radius 1 is 1.09 bits per heavy atom. The molecule has 0 amide bonds. The van der Waals surface area contributed by atoms with Gasteiger partial charge in [0, 0.05) is 38.8 Å². The van der Waals surface area contributed by atoms with Gasteiger partial charge in [-0.2, -0.15) is 0 Å². The van der Waals surface area contributed by atoms with E-state index in [4.69, 9.17) is 0 Å². The molecule has 124 valence electrons. The van der Waals surface area contributed by atoms with Crippen LogP contribution < -0.4 is 0 Å². The number of benzene rings is 1. The minimum absolute atomic E-state index is 0.241. The van der Waals surface area contributed by atoms with Gasteiger partial charge in [0.25, 0.3) is 0 Å².